The lowest BCUT2D eigenvalue weighted by atomic mass is 9.76. The van der Waals surface area contributed by atoms with Crippen molar-refractivity contribution in [2.45, 2.75) is 45.6 Å². The molecule has 4 heteroatoms. The third-order valence-corrected chi connectivity index (χ3v) is 4.24. The van der Waals surface area contributed by atoms with Crippen molar-refractivity contribution in [3.8, 4) is 5.75 Å². The number of thiocarbonyl (C=S) groups is 1. The van der Waals surface area contributed by atoms with Gasteiger partial charge in [-0.25, -0.2) is 0 Å². The van der Waals surface area contributed by atoms with Crippen LogP contribution in [0.2, 0.25) is 5.02 Å². The number of benzene rings is 1. The molecule has 1 aromatic carbocycles. The summed E-state index contributed by atoms with van der Waals surface area (Å²) in [6.45, 7) is 4.62. The van der Waals surface area contributed by atoms with Crippen molar-refractivity contribution >= 4 is 28.8 Å². The van der Waals surface area contributed by atoms with Crippen molar-refractivity contribution in [1.29, 1.82) is 0 Å². The molecule has 1 aliphatic carbocycles. The number of rotatable bonds is 3. The second-order valence-electron chi connectivity index (χ2n) is 5.99. The predicted octanol–water partition coefficient (Wildman–Crippen LogP) is 4.32. The smallest absolute Gasteiger partial charge is 0.131 e. The summed E-state index contributed by atoms with van der Waals surface area (Å²) in [6, 6.07) is 5.41. The van der Waals surface area contributed by atoms with E-state index in [9.17, 15) is 0 Å². The highest BCUT2D eigenvalue weighted by molar-refractivity contribution is 7.80. The number of hydrogen-bond donors (Lipinski definition) is 1. The molecule has 19 heavy (non-hydrogen) atoms. The van der Waals surface area contributed by atoms with Crippen LogP contribution >= 0.6 is 23.8 Å². The Kier molecular flexibility index (Phi) is 4.36. The number of hydrogen-bond acceptors (Lipinski definition) is 2. The van der Waals surface area contributed by atoms with Gasteiger partial charge in [-0.3, -0.25) is 0 Å². The Bertz CT molecular complexity index is 477. The molecule has 1 fully saturated rings. The first-order chi connectivity index (χ1) is 8.87. The molecule has 2 N–H and O–H groups in total. The molecule has 0 unspecified atom stereocenters. The quantitative estimate of drug-likeness (QED) is 0.844. The fourth-order valence-corrected chi connectivity index (χ4v) is 2.80. The largest absolute Gasteiger partial charge is 0.490 e. The Morgan fingerprint density at radius 3 is 2.58 bits per heavy atom. The molecule has 2 rings (SSSR count). The fourth-order valence-electron chi connectivity index (χ4n) is 2.47. The Labute approximate surface area is 125 Å². The molecule has 0 aromatic heterocycles. The molecule has 1 saturated carbocycles. The van der Waals surface area contributed by atoms with Crippen LogP contribution in [0.3, 0.4) is 0 Å². The van der Waals surface area contributed by atoms with E-state index < -0.39 is 0 Å². The molecule has 0 aliphatic heterocycles. The average Bonchev–Trinajstić information content (AvgIpc) is 2.31. The SMILES string of the molecule is CC1(C)CCC(Oc2cc(Cl)ccc2C(N)=S)CC1. The summed E-state index contributed by atoms with van der Waals surface area (Å²) in [5, 5.41) is 0.645. The zero-order chi connectivity index (χ0) is 14.0. The Morgan fingerprint density at radius 2 is 2.00 bits per heavy atom. The minimum absolute atomic E-state index is 0.236. The van der Waals surface area contributed by atoms with Gasteiger partial charge in [-0.2, -0.15) is 0 Å². The lowest BCUT2D eigenvalue weighted by Gasteiger charge is -2.34. The molecular formula is C15H20ClNOS. The molecule has 0 heterocycles. The summed E-state index contributed by atoms with van der Waals surface area (Å²) in [7, 11) is 0. The zero-order valence-corrected chi connectivity index (χ0v) is 13.0. The number of halogens is 1. The van der Waals surface area contributed by atoms with Crippen LogP contribution in [0.4, 0.5) is 0 Å². The minimum atomic E-state index is 0.236. The summed E-state index contributed by atoms with van der Waals surface area (Å²) in [4.78, 5) is 0.350. The van der Waals surface area contributed by atoms with E-state index in [0.29, 0.717) is 21.2 Å². The molecule has 0 radical (unpaired) electrons. The van der Waals surface area contributed by atoms with Gasteiger partial charge in [0.1, 0.15) is 10.7 Å². The molecule has 0 saturated heterocycles. The third kappa shape index (κ3) is 3.83. The Balaban J connectivity index is 2.11. The van der Waals surface area contributed by atoms with Crippen molar-refractivity contribution in [2.75, 3.05) is 0 Å². The lowest BCUT2D eigenvalue weighted by Crippen LogP contribution is -2.29. The topological polar surface area (TPSA) is 35.2 Å². The summed E-state index contributed by atoms with van der Waals surface area (Å²) in [5.74, 6) is 0.713. The average molecular weight is 298 g/mol. The Hall–Kier alpha value is -0.800. The Morgan fingerprint density at radius 1 is 1.37 bits per heavy atom. The zero-order valence-electron chi connectivity index (χ0n) is 11.4. The maximum absolute atomic E-state index is 6.07. The summed E-state index contributed by atoms with van der Waals surface area (Å²) < 4.78 is 6.07. The van der Waals surface area contributed by atoms with Gasteiger partial charge in [-0.1, -0.05) is 37.7 Å². The monoisotopic (exact) mass is 297 g/mol. The van der Waals surface area contributed by atoms with E-state index in [2.05, 4.69) is 13.8 Å². The second kappa shape index (κ2) is 5.68. The van der Waals surface area contributed by atoms with Gasteiger partial charge >= 0.3 is 0 Å². The van der Waals surface area contributed by atoms with E-state index in [1.165, 1.54) is 12.8 Å². The molecule has 0 spiro atoms. The van der Waals surface area contributed by atoms with E-state index in [0.717, 1.165) is 18.4 Å². The second-order valence-corrected chi connectivity index (χ2v) is 6.86. The minimum Gasteiger partial charge on any atom is -0.490 e. The lowest BCUT2D eigenvalue weighted by molar-refractivity contribution is 0.0986. The molecule has 104 valence electrons. The highest BCUT2D eigenvalue weighted by Gasteiger charge is 2.28. The maximum atomic E-state index is 6.07. The van der Waals surface area contributed by atoms with Gasteiger partial charge in [0, 0.05) is 5.02 Å². The molecule has 2 nitrogen and oxygen atoms in total. The first-order valence-corrected chi connectivity index (χ1v) is 7.42. The standard InChI is InChI=1S/C15H20ClNOS/c1-15(2)7-5-11(6-8-15)18-13-9-10(16)3-4-12(13)14(17)19/h3-4,9,11H,5-8H2,1-2H3,(H2,17,19). The van der Waals surface area contributed by atoms with Gasteiger partial charge in [0.15, 0.2) is 0 Å². The number of nitrogens with two attached hydrogens (primary N) is 1. The van der Waals surface area contributed by atoms with Crippen LogP contribution in [0.25, 0.3) is 0 Å². The van der Waals surface area contributed by atoms with Crippen molar-refractivity contribution in [3.05, 3.63) is 28.8 Å². The van der Waals surface area contributed by atoms with Crippen LogP contribution in [0.15, 0.2) is 18.2 Å². The van der Waals surface area contributed by atoms with Gasteiger partial charge in [-0.05, 0) is 49.3 Å². The normalized spacial score (nSPS) is 19.1. The van der Waals surface area contributed by atoms with Gasteiger partial charge in [0.2, 0.25) is 0 Å². The van der Waals surface area contributed by atoms with E-state index in [1.807, 2.05) is 6.07 Å². The maximum Gasteiger partial charge on any atom is 0.131 e. The van der Waals surface area contributed by atoms with Crippen molar-refractivity contribution in [1.82, 2.24) is 0 Å². The molecular weight excluding hydrogens is 278 g/mol. The van der Waals surface area contributed by atoms with Gasteiger partial charge in [0.25, 0.3) is 0 Å². The van der Waals surface area contributed by atoms with Crippen LogP contribution in [0.1, 0.15) is 45.1 Å². The fraction of sp³-hybridized carbons (Fsp3) is 0.533. The molecule has 1 aromatic rings. The van der Waals surface area contributed by atoms with E-state index in [4.69, 9.17) is 34.3 Å². The number of ether oxygens (including phenoxy) is 1. The molecule has 1 aliphatic rings. The molecule has 0 atom stereocenters. The first kappa shape index (κ1) is 14.6. The van der Waals surface area contributed by atoms with E-state index >= 15 is 0 Å². The van der Waals surface area contributed by atoms with Crippen LogP contribution < -0.4 is 10.5 Å². The first-order valence-electron chi connectivity index (χ1n) is 6.63. The summed E-state index contributed by atoms with van der Waals surface area (Å²) in [5.41, 5.74) is 6.92. The predicted molar refractivity (Wildman–Crippen MR) is 84.0 cm³/mol. The molecule has 0 bridgehead atoms. The van der Waals surface area contributed by atoms with Crippen LogP contribution in [-0.4, -0.2) is 11.1 Å². The third-order valence-electron chi connectivity index (χ3n) is 3.79. The van der Waals surface area contributed by atoms with E-state index in [-0.39, 0.29) is 6.10 Å². The van der Waals surface area contributed by atoms with Crippen molar-refractivity contribution < 1.29 is 4.74 Å². The highest BCUT2D eigenvalue weighted by atomic mass is 35.5. The van der Waals surface area contributed by atoms with Gasteiger partial charge < -0.3 is 10.5 Å². The van der Waals surface area contributed by atoms with Crippen LogP contribution in [0.5, 0.6) is 5.75 Å². The van der Waals surface area contributed by atoms with Crippen LogP contribution in [0, 0.1) is 5.41 Å². The van der Waals surface area contributed by atoms with E-state index in [1.54, 1.807) is 12.1 Å². The van der Waals surface area contributed by atoms with Gasteiger partial charge in [-0.15, -0.1) is 0 Å². The van der Waals surface area contributed by atoms with Crippen molar-refractivity contribution in [3.63, 3.8) is 0 Å². The van der Waals surface area contributed by atoms with Crippen LogP contribution in [-0.2, 0) is 0 Å². The van der Waals surface area contributed by atoms with Gasteiger partial charge in [0.05, 0.1) is 11.7 Å². The molecule has 0 amide bonds. The highest BCUT2D eigenvalue weighted by Crippen LogP contribution is 2.37. The summed E-state index contributed by atoms with van der Waals surface area (Å²) >= 11 is 11.1. The van der Waals surface area contributed by atoms with Crippen molar-refractivity contribution in [2.24, 2.45) is 11.1 Å². The summed E-state index contributed by atoms with van der Waals surface area (Å²) in [6.07, 6.45) is 4.73.